The van der Waals surface area contributed by atoms with Crippen LogP contribution in [0, 0.1) is 0 Å². The van der Waals surface area contributed by atoms with Crippen molar-refractivity contribution in [3.8, 4) is 0 Å². The Morgan fingerprint density at radius 2 is 2.38 bits per heavy atom. The lowest BCUT2D eigenvalue weighted by Crippen LogP contribution is -2.23. The highest BCUT2D eigenvalue weighted by molar-refractivity contribution is 7.91. The van der Waals surface area contributed by atoms with Gasteiger partial charge in [0.15, 0.2) is 9.84 Å². The van der Waals surface area contributed by atoms with Crippen LogP contribution in [0.5, 0.6) is 0 Å². The number of hydrogen-bond donors (Lipinski definition) is 0. The minimum Gasteiger partial charge on any atom is -0.303 e. The number of aromatic nitrogens is 1. The molecule has 1 fully saturated rings. The highest BCUT2D eigenvalue weighted by atomic mass is 32.2. The average molecular weight is 259 g/mol. The van der Waals surface area contributed by atoms with Gasteiger partial charge in [0.2, 0.25) is 0 Å². The number of carbonyl (C=O) groups is 1. The van der Waals surface area contributed by atoms with E-state index in [0.717, 1.165) is 29.0 Å². The Morgan fingerprint density at radius 1 is 1.56 bits per heavy atom. The van der Waals surface area contributed by atoms with Crippen LogP contribution in [0.25, 0.3) is 0 Å². The molecule has 1 aliphatic rings. The first-order valence-corrected chi connectivity index (χ1v) is 7.83. The molecule has 1 aromatic heterocycles. The van der Waals surface area contributed by atoms with E-state index in [-0.39, 0.29) is 11.7 Å². The van der Waals surface area contributed by atoms with Crippen molar-refractivity contribution in [2.24, 2.45) is 0 Å². The fourth-order valence-corrected chi connectivity index (χ4v) is 4.72. The Hall–Kier alpha value is -0.750. The monoisotopic (exact) mass is 259 g/mol. The van der Waals surface area contributed by atoms with Crippen molar-refractivity contribution in [1.82, 2.24) is 4.98 Å². The van der Waals surface area contributed by atoms with Crippen LogP contribution >= 0.6 is 11.3 Å². The molecule has 1 unspecified atom stereocenters. The molecular formula is C10H13NO3S2. The topological polar surface area (TPSA) is 64.1 Å². The lowest BCUT2D eigenvalue weighted by atomic mass is 10.1. The van der Waals surface area contributed by atoms with Gasteiger partial charge in [-0.05, 0) is 12.8 Å². The van der Waals surface area contributed by atoms with E-state index in [0.29, 0.717) is 12.2 Å². The third-order valence-electron chi connectivity index (χ3n) is 2.67. The second-order valence-corrected chi connectivity index (χ2v) is 7.36. The van der Waals surface area contributed by atoms with Gasteiger partial charge in [0, 0.05) is 23.4 Å². The molecule has 0 amide bonds. The van der Waals surface area contributed by atoms with Gasteiger partial charge in [-0.15, -0.1) is 11.3 Å². The predicted molar refractivity (Wildman–Crippen MR) is 62.5 cm³/mol. The Bertz CT molecular complexity index is 478. The Morgan fingerprint density at radius 3 is 3.06 bits per heavy atom. The first kappa shape index (κ1) is 11.7. The van der Waals surface area contributed by atoms with Crippen molar-refractivity contribution in [2.45, 2.75) is 25.2 Å². The molecule has 1 aliphatic heterocycles. The molecule has 6 heteroatoms. The van der Waals surface area contributed by atoms with E-state index < -0.39 is 9.84 Å². The van der Waals surface area contributed by atoms with Gasteiger partial charge in [-0.2, -0.15) is 0 Å². The quantitative estimate of drug-likeness (QED) is 0.765. The minimum absolute atomic E-state index is 0.0316. The zero-order valence-corrected chi connectivity index (χ0v) is 10.4. The molecule has 1 aromatic rings. The van der Waals surface area contributed by atoms with Crippen molar-refractivity contribution in [1.29, 1.82) is 0 Å². The molecule has 0 saturated carbocycles. The fraction of sp³-hybridized carbons (Fsp3) is 0.600. The summed E-state index contributed by atoms with van der Waals surface area (Å²) in [5.74, 6) is 0.543. The first-order valence-electron chi connectivity index (χ1n) is 5.19. The fourth-order valence-electron chi connectivity index (χ4n) is 1.91. The molecule has 16 heavy (non-hydrogen) atoms. The molecular weight excluding hydrogens is 246 g/mol. The molecule has 0 N–H and O–H groups in total. The van der Waals surface area contributed by atoms with Gasteiger partial charge in [-0.1, -0.05) is 0 Å². The van der Waals surface area contributed by atoms with E-state index in [9.17, 15) is 13.2 Å². The van der Waals surface area contributed by atoms with Crippen LogP contribution in [0.15, 0.2) is 6.20 Å². The molecule has 0 spiro atoms. The van der Waals surface area contributed by atoms with Crippen molar-refractivity contribution in [3.05, 3.63) is 16.1 Å². The van der Waals surface area contributed by atoms with Crippen LogP contribution in [0.2, 0.25) is 0 Å². The summed E-state index contributed by atoms with van der Waals surface area (Å²) < 4.78 is 23.0. The molecule has 88 valence electrons. The highest BCUT2D eigenvalue weighted by Crippen LogP contribution is 2.30. The van der Waals surface area contributed by atoms with E-state index in [1.165, 1.54) is 11.3 Å². The summed E-state index contributed by atoms with van der Waals surface area (Å²) in [7, 11) is -2.89. The number of hydrogen-bond acceptors (Lipinski definition) is 5. The van der Waals surface area contributed by atoms with Gasteiger partial charge in [0.25, 0.3) is 0 Å². The maximum atomic E-state index is 11.5. The van der Waals surface area contributed by atoms with Gasteiger partial charge in [-0.3, -0.25) is 0 Å². The van der Waals surface area contributed by atoms with Gasteiger partial charge >= 0.3 is 0 Å². The Kier molecular flexibility index (Phi) is 3.39. The third-order valence-corrected chi connectivity index (χ3v) is 5.67. The number of carbonyl (C=O) groups excluding carboxylic acids is 1. The molecule has 0 aromatic carbocycles. The predicted octanol–water partition coefficient (Wildman–Crippen LogP) is 1.18. The van der Waals surface area contributed by atoms with E-state index in [1.54, 1.807) is 6.20 Å². The second-order valence-electron chi connectivity index (χ2n) is 3.99. The lowest BCUT2D eigenvalue weighted by Gasteiger charge is -2.19. The zero-order chi connectivity index (χ0) is 11.6. The molecule has 1 saturated heterocycles. The summed E-state index contributed by atoms with van der Waals surface area (Å²) in [6, 6.07) is 0. The number of rotatable bonds is 3. The van der Waals surface area contributed by atoms with Gasteiger partial charge in [0.1, 0.15) is 6.29 Å². The maximum Gasteiger partial charge on any atom is 0.151 e. The number of sulfone groups is 1. The summed E-state index contributed by atoms with van der Waals surface area (Å²) in [5.41, 5.74) is 0. The third kappa shape index (κ3) is 2.68. The molecule has 0 radical (unpaired) electrons. The van der Waals surface area contributed by atoms with Crippen LogP contribution in [0.3, 0.4) is 0 Å². The van der Waals surface area contributed by atoms with Crippen LogP contribution in [0.1, 0.15) is 28.6 Å². The summed E-state index contributed by atoms with van der Waals surface area (Å²) in [6.45, 7) is 0. The molecule has 0 aliphatic carbocycles. The molecule has 0 bridgehead atoms. The summed E-state index contributed by atoms with van der Waals surface area (Å²) >= 11 is 1.46. The van der Waals surface area contributed by atoms with E-state index in [2.05, 4.69) is 4.98 Å². The summed E-state index contributed by atoms with van der Waals surface area (Å²) in [4.78, 5) is 15.5. The van der Waals surface area contributed by atoms with Crippen molar-refractivity contribution in [3.63, 3.8) is 0 Å². The number of aldehydes is 1. The average Bonchev–Trinajstić information content (AvgIpc) is 2.65. The number of nitrogens with zero attached hydrogens (tertiary/aromatic N) is 1. The minimum atomic E-state index is -2.89. The van der Waals surface area contributed by atoms with E-state index >= 15 is 0 Å². The normalized spacial score (nSPS) is 24.1. The van der Waals surface area contributed by atoms with Crippen molar-refractivity contribution >= 4 is 27.5 Å². The molecule has 1 atom stereocenters. The zero-order valence-electron chi connectivity index (χ0n) is 8.76. The Balaban J connectivity index is 2.14. The van der Waals surface area contributed by atoms with Crippen molar-refractivity contribution in [2.75, 3.05) is 11.5 Å². The standard InChI is InChI=1S/C10H13NO3S2/c12-4-3-9-6-11-10(15-9)8-2-1-5-16(13,14)7-8/h4,6,8H,1-3,5,7H2. The smallest absolute Gasteiger partial charge is 0.151 e. The molecule has 2 heterocycles. The lowest BCUT2D eigenvalue weighted by molar-refractivity contribution is -0.107. The largest absolute Gasteiger partial charge is 0.303 e. The highest BCUT2D eigenvalue weighted by Gasteiger charge is 2.27. The SMILES string of the molecule is O=CCc1cnc(C2CCCS(=O)(=O)C2)s1. The first-order chi connectivity index (χ1) is 7.61. The number of thiazole rings is 1. The van der Waals surface area contributed by atoms with Gasteiger partial charge < -0.3 is 4.79 Å². The van der Waals surface area contributed by atoms with Crippen LogP contribution in [0.4, 0.5) is 0 Å². The van der Waals surface area contributed by atoms with Gasteiger partial charge in [-0.25, -0.2) is 13.4 Å². The van der Waals surface area contributed by atoms with E-state index in [1.807, 2.05) is 0 Å². The summed E-state index contributed by atoms with van der Waals surface area (Å²) in [6.07, 6.45) is 4.49. The summed E-state index contributed by atoms with van der Waals surface area (Å²) in [5, 5.41) is 0.861. The van der Waals surface area contributed by atoms with E-state index in [4.69, 9.17) is 0 Å². The maximum absolute atomic E-state index is 11.5. The molecule has 4 nitrogen and oxygen atoms in total. The van der Waals surface area contributed by atoms with Crippen LogP contribution in [-0.4, -0.2) is 31.2 Å². The Labute approximate surface area is 98.6 Å². The molecule has 2 rings (SSSR count). The van der Waals surface area contributed by atoms with Crippen LogP contribution < -0.4 is 0 Å². The second kappa shape index (κ2) is 4.63. The van der Waals surface area contributed by atoms with Crippen molar-refractivity contribution < 1.29 is 13.2 Å². The van der Waals surface area contributed by atoms with Crippen LogP contribution in [-0.2, 0) is 21.1 Å². The van der Waals surface area contributed by atoms with Gasteiger partial charge in [0.05, 0.1) is 16.5 Å².